The van der Waals surface area contributed by atoms with Crippen LogP contribution in [0.4, 0.5) is 17.1 Å². The second-order valence-corrected chi connectivity index (χ2v) is 16.6. The lowest BCUT2D eigenvalue weighted by Gasteiger charge is -2.26. The van der Waals surface area contributed by atoms with Gasteiger partial charge in [0.05, 0.1) is 11.0 Å². The summed E-state index contributed by atoms with van der Waals surface area (Å²) in [7, 11) is 0. The van der Waals surface area contributed by atoms with E-state index in [1.807, 2.05) is 176 Å². The van der Waals surface area contributed by atoms with Crippen molar-refractivity contribution in [1.29, 1.82) is 0 Å². The van der Waals surface area contributed by atoms with E-state index in [1.165, 1.54) is 4.90 Å². The fourth-order valence-corrected chi connectivity index (χ4v) is 9.39. The highest BCUT2D eigenvalue weighted by atomic mass is 15.1. The van der Waals surface area contributed by atoms with E-state index in [1.54, 1.807) is 12.1 Å². The zero-order valence-corrected chi connectivity index (χ0v) is 36.3. The van der Waals surface area contributed by atoms with E-state index in [4.69, 9.17) is 0 Å². The van der Waals surface area contributed by atoms with E-state index >= 15 is 0 Å². The van der Waals surface area contributed by atoms with Crippen molar-refractivity contribution in [2.24, 2.45) is 0 Å². The number of fused-ring (bicyclic) bond motifs is 4. The largest absolute Gasteiger partial charge is 0.311 e. The van der Waals surface area contributed by atoms with E-state index in [-0.39, 0.29) is 46.7 Å². The van der Waals surface area contributed by atoms with Crippen molar-refractivity contribution >= 4 is 49.4 Å². The molecule has 0 saturated heterocycles. The summed E-state index contributed by atoms with van der Waals surface area (Å²) < 4.78 is 78.6. The van der Waals surface area contributed by atoms with Gasteiger partial charge in [-0.15, -0.1) is 0 Å². The third-order valence-electron chi connectivity index (χ3n) is 12.6. The van der Waals surface area contributed by atoms with Gasteiger partial charge in [0.15, 0.2) is 0 Å². The Bertz CT molecular complexity index is 4140. The molecule has 12 rings (SSSR count). The first-order valence-corrected chi connectivity index (χ1v) is 22.4. The Morgan fingerprint density at radius 3 is 1.36 bits per heavy atom. The molecule has 0 unspecified atom stereocenters. The van der Waals surface area contributed by atoms with Crippen molar-refractivity contribution < 1.29 is 11.0 Å². The van der Waals surface area contributed by atoms with Crippen LogP contribution in [0.1, 0.15) is 11.0 Å². The first kappa shape index (κ1) is 32.0. The predicted octanol–water partition coefficient (Wildman–Crippen LogP) is 18.6. The molecule has 0 amide bonds. The summed E-state index contributed by atoms with van der Waals surface area (Å²) >= 11 is 0. The Balaban J connectivity index is 1.09. The summed E-state index contributed by atoms with van der Waals surface area (Å²) in [6.07, 6.45) is 0. The number of anilines is 3. The molecule has 0 aromatic heterocycles. The lowest BCUT2D eigenvalue weighted by atomic mass is 9.89. The van der Waals surface area contributed by atoms with Crippen LogP contribution < -0.4 is 4.90 Å². The summed E-state index contributed by atoms with van der Waals surface area (Å²) in [4.78, 5) is 1.38. The molecule has 0 aliphatic carbocycles. The van der Waals surface area contributed by atoms with Gasteiger partial charge in [0, 0.05) is 17.1 Å². The smallest absolute Gasteiger partial charge is 0.0645 e. The predicted molar refractivity (Wildman–Crippen MR) is 286 cm³/mol. The lowest BCUT2D eigenvalue weighted by molar-refractivity contribution is 1.28. The van der Waals surface area contributed by atoms with E-state index < -0.39 is 24.2 Å². The van der Waals surface area contributed by atoms with Crippen LogP contribution in [-0.2, 0) is 0 Å². The molecule has 67 heavy (non-hydrogen) atoms. The third kappa shape index (κ3) is 7.53. The van der Waals surface area contributed by atoms with Crippen molar-refractivity contribution in [1.82, 2.24) is 0 Å². The molecular weight excluding hydrogens is 807 g/mol. The van der Waals surface area contributed by atoms with Gasteiger partial charge in [0.2, 0.25) is 0 Å². The van der Waals surface area contributed by atoms with Gasteiger partial charge in [-0.1, -0.05) is 224 Å². The minimum absolute atomic E-state index is 0.0864. The van der Waals surface area contributed by atoms with Gasteiger partial charge < -0.3 is 4.90 Å². The summed E-state index contributed by atoms with van der Waals surface area (Å²) in [6, 6.07) is 70.1. The van der Waals surface area contributed by atoms with Gasteiger partial charge in [0.25, 0.3) is 0 Å². The molecule has 12 aromatic carbocycles. The molecule has 0 saturated carbocycles. The summed E-state index contributed by atoms with van der Waals surface area (Å²) in [5, 5.41) is 5.63. The van der Waals surface area contributed by atoms with Crippen LogP contribution in [0.25, 0.3) is 99.1 Å². The van der Waals surface area contributed by atoms with Gasteiger partial charge in [0.1, 0.15) is 0 Å². The molecule has 0 aliphatic rings. The molecule has 0 radical (unpaired) electrons. The second kappa shape index (κ2) is 17.3. The molecule has 0 spiro atoms. The zero-order valence-electron chi connectivity index (χ0n) is 44.3. The van der Waals surface area contributed by atoms with Crippen molar-refractivity contribution in [2.45, 2.75) is 0 Å². The molecular formula is C66H45N. The molecule has 0 fully saturated rings. The number of hydrogen-bond acceptors (Lipinski definition) is 1. The monoisotopic (exact) mass is 859 g/mol. The lowest BCUT2D eigenvalue weighted by Crippen LogP contribution is -2.09. The second-order valence-electron chi connectivity index (χ2n) is 16.6. The van der Waals surface area contributed by atoms with Crippen molar-refractivity contribution in [2.75, 3.05) is 4.90 Å². The number of nitrogens with zero attached hydrogens (tertiary/aromatic N) is 1. The molecule has 314 valence electrons. The van der Waals surface area contributed by atoms with Gasteiger partial charge >= 0.3 is 0 Å². The van der Waals surface area contributed by atoms with Crippen LogP contribution in [0, 0.1) is 0 Å². The first-order chi connectivity index (χ1) is 36.6. The maximum Gasteiger partial charge on any atom is 0.0645 e. The summed E-state index contributed by atoms with van der Waals surface area (Å²) in [5.41, 5.74) is 8.67. The normalized spacial score (nSPS) is 13.0. The average Bonchev–Trinajstić information content (AvgIpc) is 3.46. The van der Waals surface area contributed by atoms with Crippen LogP contribution >= 0.6 is 0 Å². The highest BCUT2D eigenvalue weighted by molar-refractivity contribution is 6.14. The number of rotatable bonds is 9. The Morgan fingerprint density at radius 2 is 0.716 bits per heavy atom. The van der Waals surface area contributed by atoms with Crippen molar-refractivity contribution in [3.05, 3.63) is 273 Å². The van der Waals surface area contributed by atoms with E-state index in [0.717, 1.165) is 76.8 Å². The van der Waals surface area contributed by atoms with Gasteiger partial charge in [-0.2, -0.15) is 0 Å². The fourth-order valence-electron chi connectivity index (χ4n) is 9.39. The Morgan fingerprint density at radius 1 is 0.239 bits per heavy atom. The molecule has 1 heteroatoms. The van der Waals surface area contributed by atoms with Crippen molar-refractivity contribution in [3.63, 3.8) is 0 Å². The quantitative estimate of drug-likeness (QED) is 0.131. The molecule has 1 nitrogen and oxygen atoms in total. The van der Waals surface area contributed by atoms with E-state index in [2.05, 4.69) is 36.4 Å². The van der Waals surface area contributed by atoms with Crippen LogP contribution in [-0.4, -0.2) is 0 Å². The molecule has 12 aromatic rings. The average molecular weight is 860 g/mol. The highest BCUT2D eigenvalue weighted by Crippen LogP contribution is 2.43. The topological polar surface area (TPSA) is 3.24 Å². The zero-order chi connectivity index (χ0) is 51.5. The van der Waals surface area contributed by atoms with Crippen LogP contribution in [0.3, 0.4) is 0 Å². The molecule has 0 N–H and O–H groups in total. The molecule has 0 heterocycles. The minimum atomic E-state index is -0.412. The standard InChI is InChI=1S/C66H45N/c1-4-16-47(17-5-1)59-42-35-53(44-64(59)49-20-8-3-9-21-49)46-28-36-55(37-29-46)67(56-38-30-51(31-39-56)65-45-54-23-11-12-24-58(54)62-26-14-15-27-63(62)65)57-40-32-52(33-41-57)66-60-25-13-10-22-50(60)34-43-61(66)48-18-6-2-7-19-48/h1-45H/i28D,29D,30D,31D,36D,37D,38D,39D. The molecule has 0 bridgehead atoms. The fraction of sp³-hybridized carbons (Fsp3) is 0. The minimum Gasteiger partial charge on any atom is -0.311 e. The first-order valence-electron chi connectivity index (χ1n) is 26.4. The van der Waals surface area contributed by atoms with Gasteiger partial charge in [-0.25, -0.2) is 0 Å². The van der Waals surface area contributed by atoms with Crippen LogP contribution in [0.2, 0.25) is 0 Å². The maximum atomic E-state index is 9.89. The Hall–Kier alpha value is -8.78. The third-order valence-corrected chi connectivity index (χ3v) is 12.6. The molecule has 0 aliphatic heterocycles. The summed E-state index contributed by atoms with van der Waals surface area (Å²) in [6.45, 7) is 0. The Labute approximate surface area is 403 Å². The number of hydrogen-bond donors (Lipinski definition) is 0. The highest BCUT2D eigenvalue weighted by Gasteiger charge is 2.18. The molecule has 0 atom stereocenters. The van der Waals surface area contributed by atoms with Gasteiger partial charge in [-0.3, -0.25) is 0 Å². The maximum absolute atomic E-state index is 9.89. The van der Waals surface area contributed by atoms with E-state index in [0.29, 0.717) is 16.8 Å². The SMILES string of the molecule is [2H]c1c([2H])c(N(c2ccc(-c3c(-c4ccccc4)ccc4ccccc34)cc2)c2c([2H])c([2H])c(-c3cc4ccccc4c4ccccc34)c([2H])c2[2H])c([2H])c([2H])c1-c1ccc(-c2ccccc2)c(-c2ccccc2)c1. The van der Waals surface area contributed by atoms with Crippen LogP contribution in [0.15, 0.2) is 273 Å². The van der Waals surface area contributed by atoms with Crippen molar-refractivity contribution in [3.8, 4) is 66.8 Å². The van der Waals surface area contributed by atoms with Gasteiger partial charge in [-0.05, 0) is 148 Å². The number of benzene rings is 12. The Kier molecular flexibility index (Phi) is 8.26. The summed E-state index contributed by atoms with van der Waals surface area (Å²) in [5.74, 6) is 0. The van der Waals surface area contributed by atoms with Crippen LogP contribution in [0.5, 0.6) is 0 Å². The van der Waals surface area contributed by atoms with E-state index in [9.17, 15) is 11.0 Å².